The lowest BCUT2D eigenvalue weighted by Crippen LogP contribution is -2.37. The summed E-state index contributed by atoms with van der Waals surface area (Å²) in [5, 5.41) is 6.17. The summed E-state index contributed by atoms with van der Waals surface area (Å²) in [6, 6.07) is 9.76. The summed E-state index contributed by atoms with van der Waals surface area (Å²) in [6.07, 6.45) is 5.05. The van der Waals surface area contributed by atoms with Crippen molar-refractivity contribution in [3.8, 4) is 0 Å². The fourth-order valence-electron chi connectivity index (χ4n) is 2.97. The molecule has 1 aliphatic rings. The second kappa shape index (κ2) is 5.17. The van der Waals surface area contributed by atoms with Crippen molar-refractivity contribution in [2.45, 2.75) is 32.4 Å². The number of aromatic nitrogens is 1. The Labute approximate surface area is 114 Å². The standard InChI is InChI=1S/C16H21N3/c1-12(2)18-14-7-9-19(11-14)16-5-3-4-13-10-17-8-6-15(13)16/h3-6,8,10,12,14,18H,7,9,11H2,1-2H3. The molecule has 100 valence electrons. The Morgan fingerprint density at radius 1 is 1.32 bits per heavy atom. The van der Waals surface area contributed by atoms with Gasteiger partial charge in [-0.05, 0) is 18.6 Å². The van der Waals surface area contributed by atoms with Gasteiger partial charge in [-0.25, -0.2) is 0 Å². The number of hydrogen-bond acceptors (Lipinski definition) is 3. The molecule has 1 fully saturated rings. The SMILES string of the molecule is CC(C)NC1CCN(c2cccc3cnccc23)C1. The highest BCUT2D eigenvalue weighted by atomic mass is 15.2. The first-order valence-corrected chi connectivity index (χ1v) is 7.08. The number of fused-ring (bicyclic) bond motifs is 1. The van der Waals surface area contributed by atoms with Crippen LogP contribution < -0.4 is 10.2 Å². The molecule has 3 rings (SSSR count). The van der Waals surface area contributed by atoms with Crippen molar-refractivity contribution in [3.05, 3.63) is 36.7 Å². The molecule has 0 spiro atoms. The summed E-state index contributed by atoms with van der Waals surface area (Å²) in [5.74, 6) is 0. The predicted molar refractivity (Wildman–Crippen MR) is 80.6 cm³/mol. The Balaban J connectivity index is 1.86. The molecule has 1 aromatic heterocycles. The fraction of sp³-hybridized carbons (Fsp3) is 0.438. The molecule has 0 amide bonds. The zero-order chi connectivity index (χ0) is 13.2. The lowest BCUT2D eigenvalue weighted by molar-refractivity contribution is 0.492. The lowest BCUT2D eigenvalue weighted by atomic mass is 10.1. The number of benzene rings is 1. The smallest absolute Gasteiger partial charge is 0.0447 e. The van der Waals surface area contributed by atoms with Gasteiger partial charge >= 0.3 is 0 Å². The Bertz CT molecular complexity index is 559. The second-order valence-corrected chi connectivity index (χ2v) is 5.63. The van der Waals surface area contributed by atoms with Crippen LogP contribution in [0.2, 0.25) is 0 Å². The predicted octanol–water partition coefficient (Wildman–Crippen LogP) is 2.81. The summed E-state index contributed by atoms with van der Waals surface area (Å²) < 4.78 is 0. The van der Waals surface area contributed by atoms with Gasteiger partial charge in [0.2, 0.25) is 0 Å². The van der Waals surface area contributed by atoms with Crippen LogP contribution in [0, 0.1) is 0 Å². The molecule has 3 heteroatoms. The molecule has 1 aromatic carbocycles. The molecular formula is C16H21N3. The van der Waals surface area contributed by atoms with E-state index in [-0.39, 0.29) is 0 Å². The van der Waals surface area contributed by atoms with Crippen molar-refractivity contribution in [3.63, 3.8) is 0 Å². The molecule has 0 saturated carbocycles. The van der Waals surface area contributed by atoms with Crippen LogP contribution in [0.15, 0.2) is 36.7 Å². The van der Waals surface area contributed by atoms with Gasteiger partial charge in [0, 0.05) is 54.0 Å². The van der Waals surface area contributed by atoms with Crippen molar-refractivity contribution in [1.29, 1.82) is 0 Å². The summed E-state index contributed by atoms with van der Waals surface area (Å²) in [6.45, 7) is 6.66. The second-order valence-electron chi connectivity index (χ2n) is 5.63. The summed E-state index contributed by atoms with van der Waals surface area (Å²) in [7, 11) is 0. The third-order valence-corrected chi connectivity index (χ3v) is 3.76. The lowest BCUT2D eigenvalue weighted by Gasteiger charge is -2.21. The van der Waals surface area contributed by atoms with Gasteiger partial charge in [-0.15, -0.1) is 0 Å². The van der Waals surface area contributed by atoms with Crippen LogP contribution in [0.4, 0.5) is 5.69 Å². The average Bonchev–Trinajstić information content (AvgIpc) is 2.85. The van der Waals surface area contributed by atoms with Crippen LogP contribution >= 0.6 is 0 Å². The first-order chi connectivity index (χ1) is 9.24. The van der Waals surface area contributed by atoms with E-state index < -0.39 is 0 Å². The quantitative estimate of drug-likeness (QED) is 0.914. The highest BCUT2D eigenvalue weighted by Crippen LogP contribution is 2.28. The van der Waals surface area contributed by atoms with E-state index in [1.165, 1.54) is 22.9 Å². The first-order valence-electron chi connectivity index (χ1n) is 7.08. The monoisotopic (exact) mass is 255 g/mol. The Morgan fingerprint density at radius 2 is 2.21 bits per heavy atom. The molecule has 1 unspecified atom stereocenters. The molecule has 3 nitrogen and oxygen atoms in total. The average molecular weight is 255 g/mol. The molecule has 1 saturated heterocycles. The van der Waals surface area contributed by atoms with Crippen molar-refractivity contribution < 1.29 is 0 Å². The first kappa shape index (κ1) is 12.4. The zero-order valence-electron chi connectivity index (χ0n) is 11.6. The van der Waals surface area contributed by atoms with Gasteiger partial charge in [0.05, 0.1) is 0 Å². The van der Waals surface area contributed by atoms with E-state index >= 15 is 0 Å². The van der Waals surface area contributed by atoms with E-state index in [0.717, 1.165) is 13.1 Å². The molecule has 2 aromatic rings. The van der Waals surface area contributed by atoms with Gasteiger partial charge in [-0.1, -0.05) is 26.0 Å². The molecule has 2 heterocycles. The van der Waals surface area contributed by atoms with E-state index in [9.17, 15) is 0 Å². The van der Waals surface area contributed by atoms with Crippen molar-refractivity contribution in [2.24, 2.45) is 0 Å². The van der Waals surface area contributed by atoms with E-state index in [1.54, 1.807) is 0 Å². The number of nitrogens with zero attached hydrogens (tertiary/aromatic N) is 2. The number of pyridine rings is 1. The van der Waals surface area contributed by atoms with Gasteiger partial charge in [0.25, 0.3) is 0 Å². The van der Waals surface area contributed by atoms with Crippen LogP contribution in [-0.4, -0.2) is 30.2 Å². The summed E-state index contributed by atoms with van der Waals surface area (Å²) in [5.41, 5.74) is 1.34. The Morgan fingerprint density at radius 3 is 3.05 bits per heavy atom. The normalized spacial score (nSPS) is 19.5. The highest BCUT2D eigenvalue weighted by molar-refractivity contribution is 5.93. The van der Waals surface area contributed by atoms with Gasteiger partial charge < -0.3 is 10.2 Å². The fourth-order valence-corrected chi connectivity index (χ4v) is 2.97. The maximum absolute atomic E-state index is 4.20. The van der Waals surface area contributed by atoms with Gasteiger partial charge in [0.1, 0.15) is 0 Å². The molecule has 0 bridgehead atoms. The van der Waals surface area contributed by atoms with E-state index in [0.29, 0.717) is 12.1 Å². The van der Waals surface area contributed by atoms with Crippen LogP contribution in [0.1, 0.15) is 20.3 Å². The number of hydrogen-bond donors (Lipinski definition) is 1. The van der Waals surface area contributed by atoms with Gasteiger partial charge in [-0.3, -0.25) is 4.98 Å². The minimum atomic E-state index is 0.557. The summed E-state index contributed by atoms with van der Waals surface area (Å²) in [4.78, 5) is 6.69. The molecule has 1 aliphatic heterocycles. The molecule has 19 heavy (non-hydrogen) atoms. The minimum absolute atomic E-state index is 0.557. The third-order valence-electron chi connectivity index (χ3n) is 3.76. The molecular weight excluding hydrogens is 234 g/mol. The summed E-state index contributed by atoms with van der Waals surface area (Å²) >= 11 is 0. The van der Waals surface area contributed by atoms with Crippen LogP contribution in [0.25, 0.3) is 10.8 Å². The highest BCUT2D eigenvalue weighted by Gasteiger charge is 2.23. The zero-order valence-corrected chi connectivity index (χ0v) is 11.6. The maximum atomic E-state index is 4.20. The van der Waals surface area contributed by atoms with Crippen molar-refractivity contribution in [2.75, 3.05) is 18.0 Å². The molecule has 0 aliphatic carbocycles. The third kappa shape index (κ3) is 2.56. The van der Waals surface area contributed by atoms with Crippen LogP contribution in [0.5, 0.6) is 0 Å². The largest absolute Gasteiger partial charge is 0.369 e. The van der Waals surface area contributed by atoms with Crippen LogP contribution in [-0.2, 0) is 0 Å². The number of nitrogens with one attached hydrogen (secondary N) is 1. The Kier molecular flexibility index (Phi) is 3.38. The Hall–Kier alpha value is -1.61. The van der Waals surface area contributed by atoms with Gasteiger partial charge in [0.15, 0.2) is 0 Å². The van der Waals surface area contributed by atoms with E-state index in [1.807, 2.05) is 12.4 Å². The molecule has 0 radical (unpaired) electrons. The number of anilines is 1. The topological polar surface area (TPSA) is 28.2 Å². The maximum Gasteiger partial charge on any atom is 0.0447 e. The molecule has 1 atom stereocenters. The molecule has 1 N–H and O–H groups in total. The number of rotatable bonds is 3. The van der Waals surface area contributed by atoms with Gasteiger partial charge in [-0.2, -0.15) is 0 Å². The van der Waals surface area contributed by atoms with Crippen LogP contribution in [0.3, 0.4) is 0 Å². The van der Waals surface area contributed by atoms with E-state index in [2.05, 4.69) is 53.3 Å². The van der Waals surface area contributed by atoms with Crippen molar-refractivity contribution >= 4 is 16.5 Å². The van der Waals surface area contributed by atoms with Crippen molar-refractivity contribution in [1.82, 2.24) is 10.3 Å². The minimum Gasteiger partial charge on any atom is -0.369 e. The van der Waals surface area contributed by atoms with E-state index in [4.69, 9.17) is 0 Å².